The van der Waals surface area contributed by atoms with Gasteiger partial charge in [-0.05, 0) is 73.2 Å². The molecule has 1 aromatic heterocycles. The van der Waals surface area contributed by atoms with Crippen molar-refractivity contribution in [3.8, 4) is 17.1 Å². The number of hydrogen-bond donors (Lipinski definition) is 2. The van der Waals surface area contributed by atoms with E-state index in [1.54, 1.807) is 31.3 Å². The number of nitrogens with one attached hydrogen (secondary N) is 2. The Labute approximate surface area is 206 Å². The second-order valence-electron chi connectivity index (χ2n) is 7.48. The molecule has 0 spiro atoms. The molecule has 172 valence electrons. The van der Waals surface area contributed by atoms with E-state index in [4.69, 9.17) is 11.6 Å². The number of hydrogen-bond acceptors (Lipinski definition) is 5. The molecule has 2 amide bonds. The average Bonchev–Trinajstić information content (AvgIpc) is 3.27. The van der Waals surface area contributed by atoms with Gasteiger partial charge in [0.2, 0.25) is 5.91 Å². The van der Waals surface area contributed by atoms with Crippen LogP contribution in [0.2, 0.25) is 5.02 Å². The maximum atomic E-state index is 12.6. The minimum Gasteiger partial charge on any atom is -0.355 e. The van der Waals surface area contributed by atoms with Crippen LogP contribution in [0.15, 0.2) is 78.0 Å². The maximum Gasteiger partial charge on any atom is 0.251 e. The molecule has 34 heavy (non-hydrogen) atoms. The van der Waals surface area contributed by atoms with Crippen LogP contribution < -0.4 is 10.6 Å². The molecule has 0 radical (unpaired) electrons. The number of aryl methyl sites for hydroxylation is 1. The molecular weight excluding hydrogens is 470 g/mol. The molecule has 4 aromatic rings. The first-order valence-corrected chi connectivity index (χ1v) is 11.8. The number of carbonyl (C=O) groups excluding carboxylic acids is 2. The summed E-state index contributed by atoms with van der Waals surface area (Å²) in [5.74, 6) is 0.432. The molecule has 0 fully saturated rings. The molecule has 4 rings (SSSR count). The number of carbonyl (C=O) groups is 2. The van der Waals surface area contributed by atoms with Crippen LogP contribution in [-0.4, -0.2) is 39.4 Å². The highest BCUT2D eigenvalue weighted by atomic mass is 35.5. The fourth-order valence-corrected chi connectivity index (χ4v) is 4.20. The average molecular weight is 492 g/mol. The molecule has 0 saturated heterocycles. The van der Waals surface area contributed by atoms with E-state index in [-0.39, 0.29) is 17.6 Å². The summed E-state index contributed by atoms with van der Waals surface area (Å²) < 4.78 is 1.94. The molecule has 9 heteroatoms. The molecule has 3 aromatic carbocycles. The lowest BCUT2D eigenvalue weighted by Crippen LogP contribution is -2.18. The van der Waals surface area contributed by atoms with Crippen LogP contribution in [0, 0.1) is 6.92 Å². The first-order chi connectivity index (χ1) is 16.4. The van der Waals surface area contributed by atoms with Crippen molar-refractivity contribution in [3.05, 3.63) is 88.9 Å². The van der Waals surface area contributed by atoms with Crippen LogP contribution in [-0.2, 0) is 4.79 Å². The monoisotopic (exact) mass is 491 g/mol. The molecule has 7 nitrogen and oxygen atoms in total. The van der Waals surface area contributed by atoms with Crippen molar-refractivity contribution < 1.29 is 9.59 Å². The van der Waals surface area contributed by atoms with Crippen molar-refractivity contribution in [2.75, 3.05) is 18.1 Å². The smallest absolute Gasteiger partial charge is 0.251 e. The highest BCUT2D eigenvalue weighted by Crippen LogP contribution is 2.29. The number of benzene rings is 3. The van der Waals surface area contributed by atoms with Gasteiger partial charge in [-0.2, -0.15) is 0 Å². The Kier molecular flexibility index (Phi) is 7.30. The van der Waals surface area contributed by atoms with Gasteiger partial charge in [-0.1, -0.05) is 35.5 Å². The van der Waals surface area contributed by atoms with E-state index in [0.29, 0.717) is 27.3 Å². The molecule has 0 aliphatic rings. The number of rotatable bonds is 7. The van der Waals surface area contributed by atoms with Crippen LogP contribution in [0.3, 0.4) is 0 Å². The molecule has 1 heterocycles. The van der Waals surface area contributed by atoms with E-state index >= 15 is 0 Å². The highest BCUT2D eigenvalue weighted by molar-refractivity contribution is 7.99. The van der Waals surface area contributed by atoms with Crippen LogP contribution in [0.1, 0.15) is 15.9 Å². The van der Waals surface area contributed by atoms with Crippen LogP contribution in [0.25, 0.3) is 17.1 Å². The first kappa shape index (κ1) is 23.5. The molecular formula is C25H22ClN5O2S. The van der Waals surface area contributed by atoms with Gasteiger partial charge in [-0.3, -0.25) is 14.2 Å². The number of thioether (sulfide) groups is 1. The Balaban J connectivity index is 1.54. The molecule has 0 aliphatic carbocycles. The Bertz CT molecular complexity index is 1320. The van der Waals surface area contributed by atoms with Crippen molar-refractivity contribution in [1.29, 1.82) is 0 Å². The Hall–Kier alpha value is -3.62. The summed E-state index contributed by atoms with van der Waals surface area (Å²) in [4.78, 5) is 24.3. The van der Waals surface area contributed by atoms with E-state index < -0.39 is 0 Å². The van der Waals surface area contributed by atoms with Crippen LogP contribution in [0.5, 0.6) is 0 Å². The lowest BCUT2D eigenvalue weighted by molar-refractivity contribution is -0.113. The quantitative estimate of drug-likeness (QED) is 0.356. The summed E-state index contributed by atoms with van der Waals surface area (Å²) in [7, 11) is 1.57. The first-order valence-electron chi connectivity index (χ1n) is 10.5. The van der Waals surface area contributed by atoms with Crippen molar-refractivity contribution >= 4 is 40.9 Å². The van der Waals surface area contributed by atoms with Crippen molar-refractivity contribution in [2.24, 2.45) is 0 Å². The second-order valence-corrected chi connectivity index (χ2v) is 8.86. The van der Waals surface area contributed by atoms with E-state index in [2.05, 4.69) is 20.8 Å². The van der Waals surface area contributed by atoms with E-state index in [1.807, 2.05) is 60.0 Å². The molecule has 0 atom stereocenters. The molecule has 0 aliphatic heterocycles. The summed E-state index contributed by atoms with van der Waals surface area (Å²) in [6.45, 7) is 2.02. The van der Waals surface area contributed by atoms with Gasteiger partial charge in [0.05, 0.1) is 5.75 Å². The molecule has 0 saturated carbocycles. The SMILES string of the molecule is CNC(=O)c1ccc(NC(=O)CSc2nnc(-c3ccc(Cl)cc3)n2-c2cccc(C)c2)cc1. The number of halogens is 1. The minimum atomic E-state index is -0.190. The van der Waals surface area contributed by atoms with Crippen molar-refractivity contribution in [2.45, 2.75) is 12.1 Å². The lowest BCUT2D eigenvalue weighted by atomic mass is 10.2. The van der Waals surface area contributed by atoms with E-state index in [9.17, 15) is 9.59 Å². The number of amides is 2. The minimum absolute atomic E-state index is 0.141. The number of anilines is 1. The van der Waals surface area contributed by atoms with Gasteiger partial charge >= 0.3 is 0 Å². The summed E-state index contributed by atoms with van der Waals surface area (Å²) in [5.41, 5.74) is 4.01. The van der Waals surface area contributed by atoms with Gasteiger partial charge < -0.3 is 10.6 Å². The zero-order chi connectivity index (χ0) is 24.1. The van der Waals surface area contributed by atoms with Crippen LogP contribution in [0.4, 0.5) is 5.69 Å². The summed E-state index contributed by atoms with van der Waals surface area (Å²) >= 11 is 7.35. The topological polar surface area (TPSA) is 88.9 Å². The third-order valence-corrected chi connectivity index (χ3v) is 6.17. The number of nitrogens with zero attached hydrogens (tertiary/aromatic N) is 3. The Morgan fingerprint density at radius 1 is 1.00 bits per heavy atom. The maximum absolute atomic E-state index is 12.6. The molecule has 2 N–H and O–H groups in total. The summed E-state index contributed by atoms with van der Waals surface area (Å²) in [5, 5.41) is 15.4. The normalized spacial score (nSPS) is 10.7. The molecule has 0 bridgehead atoms. The van der Waals surface area contributed by atoms with Crippen LogP contribution >= 0.6 is 23.4 Å². The lowest BCUT2D eigenvalue weighted by Gasteiger charge is -2.11. The van der Waals surface area contributed by atoms with Gasteiger partial charge in [-0.15, -0.1) is 10.2 Å². The zero-order valence-corrected chi connectivity index (χ0v) is 20.2. The Morgan fingerprint density at radius 3 is 2.41 bits per heavy atom. The fraction of sp³-hybridized carbons (Fsp3) is 0.120. The number of aromatic nitrogens is 3. The highest BCUT2D eigenvalue weighted by Gasteiger charge is 2.17. The zero-order valence-electron chi connectivity index (χ0n) is 18.6. The predicted octanol–water partition coefficient (Wildman–Crippen LogP) is 4.99. The van der Waals surface area contributed by atoms with Crippen molar-refractivity contribution in [1.82, 2.24) is 20.1 Å². The fourth-order valence-electron chi connectivity index (χ4n) is 3.33. The predicted molar refractivity (Wildman–Crippen MR) is 136 cm³/mol. The van der Waals surface area contributed by atoms with Gasteiger partial charge in [-0.25, -0.2) is 0 Å². The van der Waals surface area contributed by atoms with Gasteiger partial charge in [0, 0.05) is 34.6 Å². The Morgan fingerprint density at radius 2 is 1.74 bits per heavy atom. The van der Waals surface area contributed by atoms with Gasteiger partial charge in [0.25, 0.3) is 5.91 Å². The third-order valence-electron chi connectivity index (χ3n) is 4.99. The van der Waals surface area contributed by atoms with Crippen molar-refractivity contribution in [3.63, 3.8) is 0 Å². The van der Waals surface area contributed by atoms with E-state index in [1.165, 1.54) is 11.8 Å². The largest absolute Gasteiger partial charge is 0.355 e. The van der Waals surface area contributed by atoms with E-state index in [0.717, 1.165) is 16.8 Å². The summed E-state index contributed by atoms with van der Waals surface area (Å²) in [6, 6.07) is 22.1. The second kappa shape index (κ2) is 10.5. The van der Waals surface area contributed by atoms with Gasteiger partial charge in [0.15, 0.2) is 11.0 Å². The van der Waals surface area contributed by atoms with Gasteiger partial charge in [0.1, 0.15) is 0 Å². The molecule has 0 unspecified atom stereocenters. The summed E-state index contributed by atoms with van der Waals surface area (Å²) in [6.07, 6.45) is 0. The standard InChI is InChI=1S/C25H22ClN5O2S/c1-16-4-3-5-21(14-16)31-23(17-6-10-19(26)11-7-17)29-30-25(31)34-15-22(32)28-20-12-8-18(9-13-20)24(33)27-2/h3-14H,15H2,1-2H3,(H,27,33)(H,28,32). The third kappa shape index (κ3) is 5.47.